The van der Waals surface area contributed by atoms with Crippen molar-refractivity contribution in [3.05, 3.63) is 76.8 Å². The van der Waals surface area contributed by atoms with Crippen molar-refractivity contribution >= 4 is 11.6 Å². The van der Waals surface area contributed by atoms with E-state index in [-0.39, 0.29) is 5.82 Å². The molecule has 0 saturated carbocycles. The SMILES string of the molecule is CN(C)Cc1ccc(Cn2ccnc2-c2c(F)cccc2Cl)cc1. The van der Waals surface area contributed by atoms with E-state index in [9.17, 15) is 4.39 Å². The molecule has 2 aromatic carbocycles. The van der Waals surface area contributed by atoms with Gasteiger partial charge in [0, 0.05) is 25.5 Å². The molecule has 0 aliphatic carbocycles. The number of hydrogen-bond donors (Lipinski definition) is 0. The minimum Gasteiger partial charge on any atom is -0.326 e. The lowest BCUT2D eigenvalue weighted by Crippen LogP contribution is -2.10. The molecule has 0 spiro atoms. The Morgan fingerprint density at radius 2 is 1.79 bits per heavy atom. The van der Waals surface area contributed by atoms with Gasteiger partial charge in [0.05, 0.1) is 10.6 Å². The van der Waals surface area contributed by atoms with E-state index >= 15 is 0 Å². The second kappa shape index (κ2) is 7.16. The quantitative estimate of drug-likeness (QED) is 0.682. The second-order valence-corrected chi connectivity index (χ2v) is 6.44. The van der Waals surface area contributed by atoms with Gasteiger partial charge in [0.15, 0.2) is 0 Å². The Balaban J connectivity index is 1.86. The third kappa shape index (κ3) is 3.66. The third-order valence-electron chi connectivity index (χ3n) is 3.78. The minimum atomic E-state index is -0.365. The second-order valence-electron chi connectivity index (χ2n) is 6.03. The molecule has 0 amide bonds. The predicted molar refractivity (Wildman–Crippen MR) is 95.6 cm³/mol. The van der Waals surface area contributed by atoms with E-state index in [4.69, 9.17) is 11.6 Å². The normalized spacial score (nSPS) is 11.2. The molecule has 5 heteroatoms. The number of benzene rings is 2. The van der Waals surface area contributed by atoms with Crippen LogP contribution < -0.4 is 0 Å². The number of nitrogens with zero attached hydrogens (tertiary/aromatic N) is 3. The molecule has 0 saturated heterocycles. The Kier molecular flexibility index (Phi) is 4.97. The number of imidazole rings is 1. The van der Waals surface area contributed by atoms with E-state index in [0.29, 0.717) is 23.0 Å². The molecule has 0 unspecified atom stereocenters. The van der Waals surface area contributed by atoms with Crippen molar-refractivity contribution in [3.63, 3.8) is 0 Å². The lowest BCUT2D eigenvalue weighted by atomic mass is 10.1. The Morgan fingerprint density at radius 3 is 2.46 bits per heavy atom. The summed E-state index contributed by atoms with van der Waals surface area (Å²) in [5.41, 5.74) is 2.73. The van der Waals surface area contributed by atoms with Crippen LogP contribution in [-0.4, -0.2) is 28.5 Å². The molecule has 0 bridgehead atoms. The van der Waals surface area contributed by atoms with Gasteiger partial charge < -0.3 is 9.47 Å². The van der Waals surface area contributed by atoms with Gasteiger partial charge in [0.2, 0.25) is 0 Å². The van der Waals surface area contributed by atoms with E-state index in [1.165, 1.54) is 11.6 Å². The smallest absolute Gasteiger partial charge is 0.144 e. The van der Waals surface area contributed by atoms with Gasteiger partial charge in [0.25, 0.3) is 0 Å². The summed E-state index contributed by atoms with van der Waals surface area (Å²) >= 11 is 6.17. The summed E-state index contributed by atoms with van der Waals surface area (Å²) in [4.78, 5) is 6.42. The van der Waals surface area contributed by atoms with Gasteiger partial charge in [-0.15, -0.1) is 0 Å². The third-order valence-corrected chi connectivity index (χ3v) is 4.09. The maximum absolute atomic E-state index is 14.2. The fourth-order valence-corrected chi connectivity index (χ4v) is 2.94. The highest BCUT2D eigenvalue weighted by Crippen LogP contribution is 2.29. The molecule has 1 aromatic heterocycles. The first-order valence-electron chi connectivity index (χ1n) is 7.72. The van der Waals surface area contributed by atoms with Gasteiger partial charge in [-0.25, -0.2) is 9.37 Å². The van der Waals surface area contributed by atoms with Gasteiger partial charge in [-0.3, -0.25) is 0 Å². The van der Waals surface area contributed by atoms with Crippen molar-refractivity contribution < 1.29 is 4.39 Å². The van der Waals surface area contributed by atoms with Crippen LogP contribution in [0.2, 0.25) is 5.02 Å². The Hall–Kier alpha value is -2.17. The van der Waals surface area contributed by atoms with Crippen LogP contribution in [-0.2, 0) is 13.1 Å². The molecular weight excluding hydrogens is 325 g/mol. The number of aromatic nitrogens is 2. The zero-order chi connectivity index (χ0) is 17.1. The van der Waals surface area contributed by atoms with Crippen molar-refractivity contribution in [1.29, 1.82) is 0 Å². The highest BCUT2D eigenvalue weighted by Gasteiger charge is 2.15. The van der Waals surface area contributed by atoms with Crippen molar-refractivity contribution in [1.82, 2.24) is 14.5 Å². The van der Waals surface area contributed by atoms with Crippen molar-refractivity contribution in [2.45, 2.75) is 13.1 Å². The summed E-state index contributed by atoms with van der Waals surface area (Å²) in [7, 11) is 4.09. The van der Waals surface area contributed by atoms with Crippen LogP contribution in [0.1, 0.15) is 11.1 Å². The Labute approximate surface area is 146 Å². The van der Waals surface area contributed by atoms with E-state index in [1.807, 2.05) is 24.9 Å². The van der Waals surface area contributed by atoms with Crippen molar-refractivity contribution in [3.8, 4) is 11.4 Å². The van der Waals surface area contributed by atoms with Crippen LogP contribution in [0.3, 0.4) is 0 Å². The molecule has 0 atom stereocenters. The first kappa shape index (κ1) is 16.7. The maximum atomic E-state index is 14.2. The van der Waals surface area contributed by atoms with Crippen molar-refractivity contribution in [2.75, 3.05) is 14.1 Å². The van der Waals surface area contributed by atoms with Crippen LogP contribution in [0.15, 0.2) is 54.9 Å². The van der Waals surface area contributed by atoms with Crippen LogP contribution in [0.25, 0.3) is 11.4 Å². The molecule has 1 heterocycles. The zero-order valence-corrected chi connectivity index (χ0v) is 14.5. The molecule has 0 fully saturated rings. The van der Waals surface area contributed by atoms with Gasteiger partial charge in [-0.2, -0.15) is 0 Å². The van der Waals surface area contributed by atoms with E-state index in [1.54, 1.807) is 18.3 Å². The Morgan fingerprint density at radius 1 is 1.08 bits per heavy atom. The Bertz CT molecular complexity index is 805. The molecule has 24 heavy (non-hydrogen) atoms. The molecule has 124 valence electrons. The van der Waals surface area contributed by atoms with Gasteiger partial charge in [-0.1, -0.05) is 41.9 Å². The molecule has 3 rings (SSSR count). The molecular formula is C19H19ClFN3. The summed E-state index contributed by atoms with van der Waals surface area (Å²) in [6.45, 7) is 1.52. The van der Waals surface area contributed by atoms with E-state index < -0.39 is 0 Å². The highest BCUT2D eigenvalue weighted by molar-refractivity contribution is 6.33. The lowest BCUT2D eigenvalue weighted by Gasteiger charge is -2.12. The first-order chi connectivity index (χ1) is 11.5. The number of halogens is 2. The van der Waals surface area contributed by atoms with E-state index in [2.05, 4.69) is 34.1 Å². The van der Waals surface area contributed by atoms with Crippen LogP contribution in [0.5, 0.6) is 0 Å². The molecule has 0 radical (unpaired) electrons. The first-order valence-corrected chi connectivity index (χ1v) is 8.10. The van der Waals surface area contributed by atoms with Gasteiger partial charge in [0.1, 0.15) is 11.6 Å². The summed E-state index contributed by atoms with van der Waals surface area (Å²) in [5, 5.41) is 0.365. The van der Waals surface area contributed by atoms with Crippen LogP contribution in [0.4, 0.5) is 4.39 Å². The number of rotatable bonds is 5. The lowest BCUT2D eigenvalue weighted by molar-refractivity contribution is 0.402. The minimum absolute atomic E-state index is 0.341. The summed E-state index contributed by atoms with van der Waals surface area (Å²) < 4.78 is 16.1. The predicted octanol–water partition coefficient (Wildman–Crippen LogP) is 4.45. The summed E-state index contributed by atoms with van der Waals surface area (Å²) in [5.74, 6) is 0.173. The van der Waals surface area contributed by atoms with E-state index in [0.717, 1.165) is 12.1 Å². The largest absolute Gasteiger partial charge is 0.326 e. The number of hydrogen-bond acceptors (Lipinski definition) is 2. The monoisotopic (exact) mass is 343 g/mol. The summed E-state index contributed by atoms with van der Waals surface area (Å²) in [6, 6.07) is 13.1. The standard InChI is InChI=1S/C19H19ClFN3/c1-23(2)12-14-6-8-15(9-7-14)13-24-11-10-22-19(24)18-16(20)4-3-5-17(18)21/h3-11H,12-13H2,1-2H3. The topological polar surface area (TPSA) is 21.1 Å². The summed E-state index contributed by atoms with van der Waals surface area (Å²) in [6.07, 6.45) is 3.50. The van der Waals surface area contributed by atoms with Crippen molar-refractivity contribution in [2.24, 2.45) is 0 Å². The fraction of sp³-hybridized carbons (Fsp3) is 0.211. The van der Waals surface area contributed by atoms with Crippen LogP contribution >= 0.6 is 11.6 Å². The molecule has 0 aliphatic rings. The average Bonchev–Trinajstić information content (AvgIpc) is 2.96. The highest BCUT2D eigenvalue weighted by atomic mass is 35.5. The maximum Gasteiger partial charge on any atom is 0.144 e. The zero-order valence-electron chi connectivity index (χ0n) is 13.7. The van der Waals surface area contributed by atoms with Gasteiger partial charge >= 0.3 is 0 Å². The molecule has 0 N–H and O–H groups in total. The molecule has 3 nitrogen and oxygen atoms in total. The van der Waals surface area contributed by atoms with Crippen LogP contribution in [0, 0.1) is 5.82 Å². The molecule has 3 aromatic rings. The average molecular weight is 344 g/mol. The molecule has 0 aliphatic heterocycles. The fourth-order valence-electron chi connectivity index (χ4n) is 2.69. The van der Waals surface area contributed by atoms with Gasteiger partial charge in [-0.05, 0) is 37.4 Å².